The first-order chi connectivity index (χ1) is 15.1. The number of Topliss-reactive ketones (excluding diaryl/α,β-unsaturated/α-hetero) is 1. The number of aryl methyl sites for hydroxylation is 1. The van der Waals surface area contributed by atoms with Gasteiger partial charge in [0.15, 0.2) is 5.78 Å². The van der Waals surface area contributed by atoms with E-state index in [1.807, 2.05) is 19.1 Å². The van der Waals surface area contributed by atoms with Gasteiger partial charge in [-0.15, -0.1) is 0 Å². The van der Waals surface area contributed by atoms with Crippen LogP contribution in [-0.4, -0.2) is 17.5 Å². The van der Waals surface area contributed by atoms with E-state index in [9.17, 15) is 14.0 Å². The highest BCUT2D eigenvalue weighted by Gasteiger charge is 2.24. The maximum absolute atomic E-state index is 13.5. The Hall–Kier alpha value is -3.67. The van der Waals surface area contributed by atoms with Crippen LogP contribution in [0.3, 0.4) is 0 Å². The van der Waals surface area contributed by atoms with Gasteiger partial charge in [-0.3, -0.25) is 10.1 Å². The molecule has 166 valence electrons. The summed E-state index contributed by atoms with van der Waals surface area (Å²) in [6.07, 6.45) is -0.602. The van der Waals surface area contributed by atoms with Gasteiger partial charge < -0.3 is 10.1 Å². The van der Waals surface area contributed by atoms with Crippen LogP contribution in [0.1, 0.15) is 48.3 Å². The van der Waals surface area contributed by atoms with Crippen LogP contribution in [0.2, 0.25) is 0 Å². The van der Waals surface area contributed by atoms with Gasteiger partial charge in [-0.1, -0.05) is 54.1 Å². The maximum Gasteiger partial charge on any atom is 0.412 e. The van der Waals surface area contributed by atoms with Crippen molar-refractivity contribution in [2.24, 2.45) is 0 Å². The smallest absolute Gasteiger partial charge is 0.412 e. The van der Waals surface area contributed by atoms with Crippen LogP contribution in [0.15, 0.2) is 72.8 Å². The molecule has 3 aromatic rings. The van der Waals surface area contributed by atoms with Gasteiger partial charge in [0.05, 0.1) is 11.4 Å². The molecular formula is C26H27FN2O3. The normalized spacial score (nSPS) is 12.0. The maximum atomic E-state index is 13.5. The van der Waals surface area contributed by atoms with Crippen molar-refractivity contribution >= 4 is 23.3 Å². The Bertz CT molecular complexity index is 1090. The van der Waals surface area contributed by atoms with Crippen molar-refractivity contribution in [2.75, 3.05) is 10.6 Å². The molecule has 1 atom stereocenters. The van der Waals surface area contributed by atoms with Crippen LogP contribution >= 0.6 is 0 Å². The van der Waals surface area contributed by atoms with Crippen LogP contribution in [0.4, 0.5) is 20.6 Å². The summed E-state index contributed by atoms with van der Waals surface area (Å²) in [5.74, 6) is -0.564. The zero-order valence-corrected chi connectivity index (χ0v) is 18.6. The molecule has 32 heavy (non-hydrogen) atoms. The topological polar surface area (TPSA) is 67.4 Å². The van der Waals surface area contributed by atoms with Crippen molar-refractivity contribution in [2.45, 2.75) is 39.3 Å². The third kappa shape index (κ3) is 6.17. The van der Waals surface area contributed by atoms with Crippen molar-refractivity contribution < 1.29 is 18.7 Å². The Kier molecular flexibility index (Phi) is 6.93. The molecule has 0 aliphatic carbocycles. The Morgan fingerprint density at radius 3 is 2.06 bits per heavy atom. The number of nitrogens with one attached hydrogen (secondary N) is 2. The molecule has 0 aliphatic rings. The molecule has 3 aromatic carbocycles. The summed E-state index contributed by atoms with van der Waals surface area (Å²) in [4.78, 5) is 25.7. The van der Waals surface area contributed by atoms with Gasteiger partial charge in [0, 0.05) is 5.56 Å². The fourth-order valence-electron chi connectivity index (χ4n) is 3.13. The summed E-state index contributed by atoms with van der Waals surface area (Å²) in [7, 11) is 0. The number of carbonyl (C=O) groups is 2. The third-order valence-electron chi connectivity index (χ3n) is 4.66. The fraction of sp³-hybridized carbons (Fsp3) is 0.231. The Morgan fingerprint density at radius 1 is 0.875 bits per heavy atom. The van der Waals surface area contributed by atoms with E-state index in [-0.39, 0.29) is 11.6 Å². The number of ether oxygens (including phenoxy) is 1. The number of para-hydroxylation sites is 2. The quantitative estimate of drug-likeness (QED) is 0.434. The molecule has 0 fully saturated rings. The summed E-state index contributed by atoms with van der Waals surface area (Å²) < 4.78 is 18.9. The molecule has 0 aliphatic heterocycles. The van der Waals surface area contributed by atoms with Gasteiger partial charge in [0.1, 0.15) is 17.5 Å². The van der Waals surface area contributed by atoms with Crippen molar-refractivity contribution in [1.29, 1.82) is 0 Å². The van der Waals surface area contributed by atoms with Gasteiger partial charge >= 0.3 is 6.09 Å². The second-order valence-electron chi connectivity index (χ2n) is 8.53. The molecule has 0 spiro atoms. The SMILES string of the molecule is Cc1ccc(C(=O)C(Nc2ccccc2NC(=O)OC(C)(C)C)c2ccc(F)cc2)cc1. The van der Waals surface area contributed by atoms with Crippen LogP contribution < -0.4 is 10.6 Å². The Balaban J connectivity index is 1.93. The number of ketones is 1. The van der Waals surface area contributed by atoms with E-state index >= 15 is 0 Å². The van der Waals surface area contributed by atoms with Crippen molar-refractivity contribution in [3.05, 3.63) is 95.3 Å². The van der Waals surface area contributed by atoms with E-state index < -0.39 is 17.7 Å². The summed E-state index contributed by atoms with van der Waals surface area (Å²) in [6.45, 7) is 7.28. The molecule has 3 rings (SSSR count). The average molecular weight is 435 g/mol. The summed E-state index contributed by atoms with van der Waals surface area (Å²) in [5.41, 5.74) is 2.52. The minimum absolute atomic E-state index is 0.177. The molecule has 1 amide bonds. The van der Waals surface area contributed by atoms with E-state index in [0.717, 1.165) is 5.56 Å². The molecule has 2 N–H and O–H groups in total. The number of benzene rings is 3. The van der Waals surface area contributed by atoms with Gasteiger partial charge in [0.25, 0.3) is 0 Å². The number of anilines is 2. The average Bonchev–Trinajstić information content (AvgIpc) is 2.72. The van der Waals surface area contributed by atoms with Gasteiger partial charge in [-0.2, -0.15) is 0 Å². The lowest BCUT2D eigenvalue weighted by Gasteiger charge is -2.23. The molecule has 5 nitrogen and oxygen atoms in total. The lowest BCUT2D eigenvalue weighted by molar-refractivity contribution is 0.0636. The van der Waals surface area contributed by atoms with Gasteiger partial charge in [-0.25, -0.2) is 9.18 Å². The number of rotatable bonds is 6. The van der Waals surface area contributed by atoms with Crippen LogP contribution in [0, 0.1) is 12.7 Å². The largest absolute Gasteiger partial charge is 0.444 e. The molecule has 0 saturated carbocycles. The number of amides is 1. The molecule has 0 bridgehead atoms. The zero-order chi connectivity index (χ0) is 23.3. The van der Waals surface area contributed by atoms with Gasteiger partial charge in [0.2, 0.25) is 0 Å². The minimum Gasteiger partial charge on any atom is -0.444 e. The molecule has 0 radical (unpaired) electrons. The highest BCUT2D eigenvalue weighted by Crippen LogP contribution is 2.29. The highest BCUT2D eigenvalue weighted by molar-refractivity contribution is 6.03. The fourth-order valence-corrected chi connectivity index (χ4v) is 3.13. The standard InChI is InChI=1S/C26H27FN2O3/c1-17-9-11-19(12-10-17)24(30)23(18-13-15-20(27)16-14-18)28-21-7-5-6-8-22(21)29-25(31)32-26(2,3)4/h5-16,23,28H,1-4H3,(H,29,31). The molecular weight excluding hydrogens is 407 g/mol. The van der Waals surface area contributed by atoms with E-state index in [1.54, 1.807) is 69.3 Å². The first-order valence-electron chi connectivity index (χ1n) is 10.3. The van der Waals surface area contributed by atoms with Crippen molar-refractivity contribution in [3.8, 4) is 0 Å². The molecule has 0 saturated heterocycles. The molecule has 0 aromatic heterocycles. The first kappa shape index (κ1) is 23.0. The summed E-state index contributed by atoms with van der Waals surface area (Å²) in [5, 5.41) is 5.95. The van der Waals surface area contributed by atoms with E-state index in [2.05, 4.69) is 10.6 Å². The van der Waals surface area contributed by atoms with Crippen LogP contribution in [-0.2, 0) is 4.74 Å². The number of halogens is 1. The van der Waals surface area contributed by atoms with E-state index in [4.69, 9.17) is 4.74 Å². The minimum atomic E-state index is -0.792. The van der Waals surface area contributed by atoms with Crippen molar-refractivity contribution in [1.82, 2.24) is 0 Å². The lowest BCUT2D eigenvalue weighted by Crippen LogP contribution is -2.28. The zero-order valence-electron chi connectivity index (χ0n) is 18.6. The van der Waals surface area contributed by atoms with E-state index in [0.29, 0.717) is 22.5 Å². The first-order valence-corrected chi connectivity index (χ1v) is 10.3. The number of carbonyl (C=O) groups excluding carboxylic acids is 2. The van der Waals surface area contributed by atoms with Crippen LogP contribution in [0.25, 0.3) is 0 Å². The molecule has 1 unspecified atom stereocenters. The predicted molar refractivity (Wildman–Crippen MR) is 125 cm³/mol. The molecule has 0 heterocycles. The van der Waals surface area contributed by atoms with Crippen molar-refractivity contribution in [3.63, 3.8) is 0 Å². The second-order valence-corrected chi connectivity index (χ2v) is 8.53. The number of hydrogen-bond donors (Lipinski definition) is 2. The predicted octanol–water partition coefficient (Wildman–Crippen LogP) is 6.52. The summed E-state index contributed by atoms with van der Waals surface area (Å²) >= 11 is 0. The highest BCUT2D eigenvalue weighted by atomic mass is 19.1. The Labute approximate surface area is 187 Å². The Morgan fingerprint density at radius 2 is 1.47 bits per heavy atom. The van der Waals surface area contributed by atoms with Gasteiger partial charge in [-0.05, 0) is 57.5 Å². The van der Waals surface area contributed by atoms with Crippen LogP contribution in [0.5, 0.6) is 0 Å². The molecule has 6 heteroatoms. The monoisotopic (exact) mass is 434 g/mol. The summed E-state index contributed by atoms with van der Waals surface area (Å²) in [6, 6.07) is 19.3. The van der Waals surface area contributed by atoms with E-state index in [1.165, 1.54) is 12.1 Å². The lowest BCUT2D eigenvalue weighted by atomic mass is 9.96. The number of hydrogen-bond acceptors (Lipinski definition) is 4. The second kappa shape index (κ2) is 9.64. The third-order valence-corrected chi connectivity index (χ3v) is 4.66.